The Kier molecular flexibility index (Phi) is 6.56. The molecule has 9 heteroatoms. The fraction of sp³-hybridized carbons (Fsp3) is 0.647. The summed E-state index contributed by atoms with van der Waals surface area (Å²) in [7, 11) is 1.66. The van der Waals surface area contributed by atoms with Crippen LogP contribution < -0.4 is 10.6 Å². The number of aromatic nitrogens is 4. The quantitative estimate of drug-likeness (QED) is 0.558. The van der Waals surface area contributed by atoms with Crippen LogP contribution in [0.1, 0.15) is 35.7 Å². The minimum Gasteiger partial charge on any atom is -0.377 e. The minimum absolute atomic E-state index is 0.291. The van der Waals surface area contributed by atoms with Crippen LogP contribution in [0.2, 0.25) is 0 Å². The number of fused-ring (bicyclic) bond motifs is 1. The molecule has 0 radical (unpaired) electrons. The number of nitrogens with zero attached hydrogens (tertiary/aromatic N) is 5. The Morgan fingerprint density at radius 3 is 3.08 bits per heavy atom. The Morgan fingerprint density at radius 2 is 2.35 bits per heavy atom. The molecule has 1 unspecified atom stereocenters. The van der Waals surface area contributed by atoms with Gasteiger partial charge in [-0.3, -0.25) is 4.99 Å². The van der Waals surface area contributed by atoms with Crippen molar-refractivity contribution in [1.82, 2.24) is 30.4 Å². The molecule has 0 amide bonds. The van der Waals surface area contributed by atoms with Gasteiger partial charge in [-0.15, -0.1) is 11.3 Å². The van der Waals surface area contributed by atoms with Gasteiger partial charge >= 0.3 is 0 Å². The summed E-state index contributed by atoms with van der Waals surface area (Å²) in [5.74, 6) is 2.64. The lowest BCUT2D eigenvalue weighted by molar-refractivity contribution is 0.177. The van der Waals surface area contributed by atoms with Crippen LogP contribution >= 0.6 is 11.3 Å². The number of methoxy groups -OCH3 is 1. The molecule has 0 aliphatic carbocycles. The average molecular weight is 378 g/mol. The molecule has 142 valence electrons. The number of hydrogen-bond acceptors (Lipinski definition) is 6. The molecule has 3 rings (SSSR count). The summed E-state index contributed by atoms with van der Waals surface area (Å²) in [5.41, 5.74) is 1.11. The van der Waals surface area contributed by atoms with Crippen molar-refractivity contribution in [2.45, 2.75) is 52.3 Å². The van der Waals surface area contributed by atoms with Gasteiger partial charge in [-0.05, 0) is 20.3 Å². The highest BCUT2D eigenvalue weighted by atomic mass is 32.1. The SMILES string of the molecule is CCNC(=NCCc1csc(C)n1)NC1CCc2nc(COC)nn2C1. The van der Waals surface area contributed by atoms with Gasteiger partial charge in [0.05, 0.1) is 17.2 Å². The first-order chi connectivity index (χ1) is 12.7. The van der Waals surface area contributed by atoms with Crippen LogP contribution in [-0.2, 0) is 30.7 Å². The molecule has 0 saturated heterocycles. The highest BCUT2D eigenvalue weighted by Gasteiger charge is 2.22. The van der Waals surface area contributed by atoms with Gasteiger partial charge in [0.2, 0.25) is 0 Å². The van der Waals surface area contributed by atoms with Crippen molar-refractivity contribution in [3.63, 3.8) is 0 Å². The predicted molar refractivity (Wildman–Crippen MR) is 103 cm³/mol. The van der Waals surface area contributed by atoms with E-state index in [2.05, 4.69) is 38.0 Å². The summed E-state index contributed by atoms with van der Waals surface area (Å²) in [6.45, 7) is 6.91. The third-order valence-electron chi connectivity index (χ3n) is 4.16. The second-order valence-electron chi connectivity index (χ2n) is 6.31. The van der Waals surface area contributed by atoms with Crippen LogP contribution in [-0.4, -0.2) is 51.9 Å². The number of rotatable bonds is 7. The second kappa shape index (κ2) is 9.09. The summed E-state index contributed by atoms with van der Waals surface area (Å²) in [6, 6.07) is 0.291. The molecule has 26 heavy (non-hydrogen) atoms. The Morgan fingerprint density at radius 1 is 1.46 bits per heavy atom. The van der Waals surface area contributed by atoms with Crippen LogP contribution in [0.5, 0.6) is 0 Å². The highest BCUT2D eigenvalue weighted by Crippen LogP contribution is 2.13. The first kappa shape index (κ1) is 18.8. The largest absolute Gasteiger partial charge is 0.377 e. The zero-order valence-electron chi connectivity index (χ0n) is 15.7. The fourth-order valence-electron chi connectivity index (χ4n) is 2.99. The molecule has 1 aliphatic rings. The van der Waals surface area contributed by atoms with Gasteiger partial charge in [-0.1, -0.05) is 0 Å². The summed E-state index contributed by atoms with van der Waals surface area (Å²) in [4.78, 5) is 13.7. The topological polar surface area (TPSA) is 89.2 Å². The Balaban J connectivity index is 1.56. The highest BCUT2D eigenvalue weighted by molar-refractivity contribution is 7.09. The molecule has 3 heterocycles. The van der Waals surface area contributed by atoms with Crippen molar-refractivity contribution in [3.05, 3.63) is 27.7 Å². The molecule has 0 saturated carbocycles. The summed E-state index contributed by atoms with van der Waals surface area (Å²) >= 11 is 1.69. The monoisotopic (exact) mass is 377 g/mol. The maximum Gasteiger partial charge on any atom is 0.191 e. The van der Waals surface area contributed by atoms with Crippen molar-refractivity contribution >= 4 is 17.3 Å². The number of guanidine groups is 1. The Hall–Kier alpha value is -2.00. The normalized spacial score (nSPS) is 17.2. The first-order valence-corrected chi connectivity index (χ1v) is 9.93. The van der Waals surface area contributed by atoms with E-state index >= 15 is 0 Å². The number of aryl methyl sites for hydroxylation is 2. The average Bonchev–Trinajstić information content (AvgIpc) is 3.20. The van der Waals surface area contributed by atoms with Crippen LogP contribution in [0.25, 0.3) is 0 Å². The van der Waals surface area contributed by atoms with Crippen molar-refractivity contribution in [2.24, 2.45) is 4.99 Å². The number of hydrogen-bond donors (Lipinski definition) is 2. The molecular formula is C17H27N7OS. The van der Waals surface area contributed by atoms with Crippen molar-refractivity contribution in [2.75, 3.05) is 20.2 Å². The van der Waals surface area contributed by atoms with Gasteiger partial charge in [0.25, 0.3) is 0 Å². The van der Waals surface area contributed by atoms with Crippen LogP contribution in [0.4, 0.5) is 0 Å². The fourth-order valence-corrected chi connectivity index (χ4v) is 3.63. The summed E-state index contributed by atoms with van der Waals surface area (Å²) in [6.07, 6.45) is 2.78. The van der Waals surface area contributed by atoms with E-state index in [0.29, 0.717) is 12.6 Å². The van der Waals surface area contributed by atoms with E-state index in [1.54, 1.807) is 18.4 Å². The molecule has 2 aromatic rings. The van der Waals surface area contributed by atoms with E-state index in [1.165, 1.54) is 0 Å². The smallest absolute Gasteiger partial charge is 0.191 e. The maximum absolute atomic E-state index is 5.12. The lowest BCUT2D eigenvalue weighted by Gasteiger charge is -2.25. The van der Waals surface area contributed by atoms with Gasteiger partial charge in [0, 0.05) is 44.5 Å². The molecule has 1 atom stereocenters. The number of nitrogens with one attached hydrogen (secondary N) is 2. The molecule has 1 aliphatic heterocycles. The van der Waals surface area contributed by atoms with Crippen molar-refractivity contribution in [1.29, 1.82) is 0 Å². The number of ether oxygens (including phenoxy) is 1. The molecule has 0 fully saturated rings. The van der Waals surface area contributed by atoms with Gasteiger partial charge in [0.15, 0.2) is 11.8 Å². The van der Waals surface area contributed by atoms with E-state index < -0.39 is 0 Å². The zero-order chi connectivity index (χ0) is 18.4. The molecule has 0 bridgehead atoms. The zero-order valence-corrected chi connectivity index (χ0v) is 16.5. The third kappa shape index (κ3) is 5.01. The molecule has 2 N–H and O–H groups in total. The van der Waals surface area contributed by atoms with E-state index in [0.717, 1.165) is 67.2 Å². The van der Waals surface area contributed by atoms with Crippen LogP contribution in [0.15, 0.2) is 10.4 Å². The van der Waals surface area contributed by atoms with Gasteiger partial charge in [0.1, 0.15) is 12.4 Å². The maximum atomic E-state index is 5.12. The predicted octanol–water partition coefficient (Wildman–Crippen LogP) is 1.30. The lowest BCUT2D eigenvalue weighted by Crippen LogP contribution is -2.47. The summed E-state index contributed by atoms with van der Waals surface area (Å²) in [5, 5.41) is 14.6. The molecule has 0 spiro atoms. The Bertz CT molecular complexity index is 739. The van der Waals surface area contributed by atoms with E-state index in [1.807, 2.05) is 11.6 Å². The number of thiazole rings is 1. The van der Waals surface area contributed by atoms with Crippen molar-refractivity contribution in [3.8, 4) is 0 Å². The third-order valence-corrected chi connectivity index (χ3v) is 4.99. The van der Waals surface area contributed by atoms with Gasteiger partial charge < -0.3 is 15.4 Å². The molecular weight excluding hydrogens is 350 g/mol. The standard InChI is InChI=1S/C17H27N7OS/c1-4-18-17(19-8-7-14-11-26-12(2)20-14)21-13-5-6-16-22-15(10-25-3)23-24(16)9-13/h11,13H,4-10H2,1-3H3,(H2,18,19,21). The molecule has 0 aromatic carbocycles. The lowest BCUT2D eigenvalue weighted by atomic mass is 10.1. The number of aliphatic imine (C=N–C) groups is 1. The first-order valence-electron chi connectivity index (χ1n) is 9.05. The molecule has 2 aromatic heterocycles. The Labute approximate surface area is 158 Å². The molecule has 8 nitrogen and oxygen atoms in total. The van der Waals surface area contributed by atoms with E-state index in [4.69, 9.17) is 9.73 Å². The van der Waals surface area contributed by atoms with Crippen LogP contribution in [0, 0.1) is 6.92 Å². The second-order valence-corrected chi connectivity index (χ2v) is 7.37. The summed E-state index contributed by atoms with van der Waals surface area (Å²) < 4.78 is 7.11. The van der Waals surface area contributed by atoms with Crippen LogP contribution in [0.3, 0.4) is 0 Å². The van der Waals surface area contributed by atoms with Crippen molar-refractivity contribution < 1.29 is 4.74 Å². The van der Waals surface area contributed by atoms with E-state index in [-0.39, 0.29) is 0 Å². The minimum atomic E-state index is 0.291. The van der Waals surface area contributed by atoms with Gasteiger partial charge in [-0.2, -0.15) is 5.10 Å². The van der Waals surface area contributed by atoms with E-state index in [9.17, 15) is 0 Å². The van der Waals surface area contributed by atoms with Gasteiger partial charge in [-0.25, -0.2) is 14.6 Å².